The van der Waals surface area contributed by atoms with Crippen LogP contribution in [0.2, 0.25) is 0 Å². The Balaban J connectivity index is 1.64. The largest absolute Gasteiger partial charge is 0.323 e. The van der Waals surface area contributed by atoms with Crippen molar-refractivity contribution in [3.05, 3.63) is 47.1 Å². The number of rotatable bonds is 4. The minimum Gasteiger partial charge on any atom is -0.323 e. The molecule has 3 aromatic rings. The highest BCUT2D eigenvalue weighted by molar-refractivity contribution is 8.00. The number of nitrogens with one attached hydrogen (secondary N) is 2. The molecule has 0 spiro atoms. The van der Waals surface area contributed by atoms with E-state index in [4.69, 9.17) is 0 Å². The number of carbonyl (C=O) groups is 2. The Hall–Kier alpha value is -3.14. The van der Waals surface area contributed by atoms with Crippen LogP contribution in [0, 0.1) is 0 Å². The first-order valence-electron chi connectivity index (χ1n) is 7.79. The number of carbonyl (C=O) groups excluding carboxylic acids is 2. The minimum atomic E-state index is -0.296. The van der Waals surface area contributed by atoms with Crippen molar-refractivity contribution < 1.29 is 9.59 Å². The van der Waals surface area contributed by atoms with Crippen LogP contribution in [0.25, 0.3) is 16.7 Å². The predicted molar refractivity (Wildman–Crippen MR) is 97.2 cm³/mol. The predicted octanol–water partition coefficient (Wildman–Crippen LogP) is 0.580. The van der Waals surface area contributed by atoms with Crippen LogP contribution in [-0.2, 0) is 9.59 Å². The number of benzene rings is 1. The molecule has 0 atom stereocenters. The van der Waals surface area contributed by atoms with Crippen molar-refractivity contribution >= 4 is 40.3 Å². The summed E-state index contributed by atoms with van der Waals surface area (Å²) in [5.74, 6) is 0.587. The van der Waals surface area contributed by atoms with E-state index in [0.717, 1.165) is 0 Å². The molecule has 0 aliphatic carbocycles. The SMILES string of the molecule is O=C(CN1CSCC1=O)Nc1ccccc1-n1ncc2c(=O)[nH]cnc21. The molecule has 10 heteroatoms. The van der Waals surface area contributed by atoms with Gasteiger partial charge in [-0.25, -0.2) is 9.67 Å². The number of thioether (sulfide) groups is 1. The molecule has 1 aromatic carbocycles. The topological polar surface area (TPSA) is 113 Å². The molecular weight excluding hydrogens is 356 g/mol. The fourth-order valence-electron chi connectivity index (χ4n) is 2.70. The maximum atomic E-state index is 12.3. The van der Waals surface area contributed by atoms with Crippen molar-refractivity contribution in [1.29, 1.82) is 0 Å². The molecule has 9 nitrogen and oxygen atoms in total. The number of aromatic nitrogens is 4. The van der Waals surface area contributed by atoms with Gasteiger partial charge in [-0.1, -0.05) is 12.1 Å². The Morgan fingerprint density at radius 2 is 2.15 bits per heavy atom. The second-order valence-corrected chi connectivity index (χ2v) is 6.62. The van der Waals surface area contributed by atoms with Gasteiger partial charge >= 0.3 is 0 Å². The number of fused-ring (bicyclic) bond motifs is 1. The molecule has 2 amide bonds. The number of nitrogens with zero attached hydrogens (tertiary/aromatic N) is 4. The lowest BCUT2D eigenvalue weighted by atomic mass is 10.2. The molecule has 0 bridgehead atoms. The van der Waals surface area contributed by atoms with E-state index in [9.17, 15) is 14.4 Å². The number of hydrogen-bond acceptors (Lipinski definition) is 6. The van der Waals surface area contributed by atoms with Gasteiger partial charge in [0.25, 0.3) is 5.56 Å². The van der Waals surface area contributed by atoms with Gasteiger partial charge in [0, 0.05) is 0 Å². The second-order valence-electron chi connectivity index (χ2n) is 5.66. The smallest absolute Gasteiger partial charge is 0.261 e. The molecule has 1 saturated heterocycles. The average molecular weight is 370 g/mol. The lowest BCUT2D eigenvalue weighted by Crippen LogP contribution is -2.34. The Labute approximate surface area is 151 Å². The van der Waals surface area contributed by atoms with Crippen LogP contribution in [0.3, 0.4) is 0 Å². The van der Waals surface area contributed by atoms with Crippen LogP contribution >= 0.6 is 11.8 Å². The van der Waals surface area contributed by atoms with Gasteiger partial charge in [-0.3, -0.25) is 14.4 Å². The van der Waals surface area contributed by atoms with Crippen molar-refractivity contribution in [2.75, 3.05) is 23.5 Å². The standard InChI is InChI=1S/C16H14N6O3S/c23-13(6-21-9-26-7-14(21)24)20-11-3-1-2-4-12(11)22-15-10(5-19-22)16(25)18-8-17-15/h1-5,8H,6-7,9H2,(H,20,23)(H,17,18,25). The van der Waals surface area contributed by atoms with E-state index in [-0.39, 0.29) is 23.9 Å². The molecule has 132 valence electrons. The summed E-state index contributed by atoms with van der Waals surface area (Å²) < 4.78 is 1.50. The van der Waals surface area contributed by atoms with Crippen LogP contribution in [0.15, 0.2) is 41.6 Å². The van der Waals surface area contributed by atoms with Crippen molar-refractivity contribution in [2.24, 2.45) is 0 Å². The maximum Gasteiger partial charge on any atom is 0.261 e. The molecule has 4 rings (SSSR count). The summed E-state index contributed by atoms with van der Waals surface area (Å²) in [7, 11) is 0. The summed E-state index contributed by atoms with van der Waals surface area (Å²) in [5.41, 5.74) is 1.20. The third-order valence-corrected chi connectivity index (χ3v) is 4.88. The van der Waals surface area contributed by atoms with Gasteiger partial charge in [0.1, 0.15) is 11.9 Å². The summed E-state index contributed by atoms with van der Waals surface area (Å²) >= 11 is 1.48. The summed E-state index contributed by atoms with van der Waals surface area (Å²) in [5, 5.41) is 7.39. The van der Waals surface area contributed by atoms with Crippen LogP contribution in [0.5, 0.6) is 0 Å². The van der Waals surface area contributed by atoms with Crippen LogP contribution in [0.1, 0.15) is 0 Å². The molecule has 2 aromatic heterocycles. The number of aromatic amines is 1. The van der Waals surface area contributed by atoms with Gasteiger partial charge in [-0.05, 0) is 12.1 Å². The zero-order chi connectivity index (χ0) is 18.1. The van der Waals surface area contributed by atoms with Crippen molar-refractivity contribution in [2.45, 2.75) is 0 Å². The highest BCUT2D eigenvalue weighted by atomic mass is 32.2. The van der Waals surface area contributed by atoms with Gasteiger partial charge in [-0.15, -0.1) is 11.8 Å². The van der Waals surface area contributed by atoms with E-state index < -0.39 is 0 Å². The highest BCUT2D eigenvalue weighted by Crippen LogP contribution is 2.22. The Morgan fingerprint density at radius 3 is 2.96 bits per heavy atom. The molecule has 26 heavy (non-hydrogen) atoms. The number of anilines is 1. The van der Waals surface area contributed by atoms with Crippen molar-refractivity contribution in [1.82, 2.24) is 24.6 Å². The Kier molecular flexibility index (Phi) is 4.17. The number of amides is 2. The van der Waals surface area contributed by atoms with E-state index in [2.05, 4.69) is 20.4 Å². The first-order chi connectivity index (χ1) is 12.6. The first-order valence-corrected chi connectivity index (χ1v) is 8.95. The fourth-order valence-corrected chi connectivity index (χ4v) is 3.60. The van der Waals surface area contributed by atoms with Crippen molar-refractivity contribution in [3.63, 3.8) is 0 Å². The zero-order valence-corrected chi connectivity index (χ0v) is 14.3. The van der Waals surface area contributed by atoms with E-state index >= 15 is 0 Å². The van der Waals surface area contributed by atoms with Gasteiger partial charge in [0.15, 0.2) is 5.65 Å². The molecule has 1 aliphatic rings. The molecule has 0 radical (unpaired) electrons. The zero-order valence-electron chi connectivity index (χ0n) is 13.5. The number of H-pyrrole nitrogens is 1. The second kappa shape index (κ2) is 6.64. The van der Waals surface area contributed by atoms with E-state index in [1.54, 1.807) is 24.3 Å². The van der Waals surface area contributed by atoms with Crippen LogP contribution < -0.4 is 10.9 Å². The maximum absolute atomic E-state index is 12.3. The summed E-state index contributed by atoms with van der Waals surface area (Å²) in [6.07, 6.45) is 2.74. The van der Waals surface area contributed by atoms with Crippen LogP contribution in [0.4, 0.5) is 5.69 Å². The summed E-state index contributed by atoms with van der Waals surface area (Å²) in [4.78, 5) is 44.0. The first kappa shape index (κ1) is 16.3. The number of para-hydroxylation sites is 2. The summed E-state index contributed by atoms with van der Waals surface area (Å²) in [6, 6.07) is 7.07. The Bertz CT molecular complexity index is 1060. The number of hydrogen-bond donors (Lipinski definition) is 2. The fraction of sp³-hybridized carbons (Fsp3) is 0.188. The van der Waals surface area contributed by atoms with Gasteiger partial charge in [-0.2, -0.15) is 5.10 Å². The lowest BCUT2D eigenvalue weighted by molar-refractivity contribution is -0.130. The average Bonchev–Trinajstić information content (AvgIpc) is 3.23. The highest BCUT2D eigenvalue weighted by Gasteiger charge is 2.23. The van der Waals surface area contributed by atoms with Gasteiger partial charge in [0.05, 0.1) is 35.5 Å². The van der Waals surface area contributed by atoms with E-state index in [0.29, 0.717) is 34.0 Å². The lowest BCUT2D eigenvalue weighted by Gasteiger charge is -2.16. The monoisotopic (exact) mass is 370 g/mol. The molecular formula is C16H14N6O3S. The molecule has 0 unspecified atom stereocenters. The van der Waals surface area contributed by atoms with E-state index in [1.165, 1.54) is 33.9 Å². The van der Waals surface area contributed by atoms with Gasteiger partial charge in [0.2, 0.25) is 11.8 Å². The van der Waals surface area contributed by atoms with Crippen molar-refractivity contribution in [3.8, 4) is 5.69 Å². The Morgan fingerprint density at radius 1 is 1.31 bits per heavy atom. The third kappa shape index (κ3) is 2.94. The van der Waals surface area contributed by atoms with Crippen LogP contribution in [-0.4, -0.2) is 54.6 Å². The van der Waals surface area contributed by atoms with Gasteiger partial charge < -0.3 is 15.2 Å². The molecule has 2 N–H and O–H groups in total. The molecule has 1 aliphatic heterocycles. The normalized spacial score (nSPS) is 14.2. The molecule has 1 fully saturated rings. The molecule has 0 saturated carbocycles. The summed E-state index contributed by atoms with van der Waals surface area (Å²) in [6.45, 7) is -0.00204. The van der Waals surface area contributed by atoms with E-state index in [1.807, 2.05) is 0 Å². The third-order valence-electron chi connectivity index (χ3n) is 3.94. The quantitative estimate of drug-likeness (QED) is 0.695. The molecule has 3 heterocycles. The minimum absolute atomic E-state index is 0.00204.